The van der Waals surface area contributed by atoms with Crippen LogP contribution in [0.4, 0.5) is 0 Å². The molecule has 0 heterocycles. The molecule has 0 saturated carbocycles. The van der Waals surface area contributed by atoms with Crippen molar-refractivity contribution in [2.75, 3.05) is 85.9 Å². The maximum atomic E-state index is 11.4. The molecule has 0 bridgehead atoms. The van der Waals surface area contributed by atoms with Gasteiger partial charge in [-0.3, -0.25) is 4.79 Å². The molecule has 0 aromatic carbocycles. The minimum Gasteiger partial charge on any atom is -0.463 e. The summed E-state index contributed by atoms with van der Waals surface area (Å²) in [6.45, 7) is 11.4. The van der Waals surface area contributed by atoms with Crippen molar-refractivity contribution in [2.45, 2.75) is 104 Å². The highest BCUT2D eigenvalue weighted by molar-refractivity contribution is 5.69. The monoisotopic (exact) mass is 548 g/mol. The summed E-state index contributed by atoms with van der Waals surface area (Å²) in [6.07, 6.45) is 17.0. The molecule has 0 radical (unpaired) electrons. The van der Waals surface area contributed by atoms with Crippen LogP contribution in [0.3, 0.4) is 0 Å². The molecule has 0 aliphatic heterocycles. The van der Waals surface area contributed by atoms with Crippen molar-refractivity contribution in [3.63, 3.8) is 0 Å². The zero-order chi connectivity index (χ0) is 27.6. The van der Waals surface area contributed by atoms with Gasteiger partial charge in [-0.05, 0) is 12.8 Å². The number of hydrogen-bond acceptors (Lipinski definition) is 8. The number of carbonyl (C=O) groups excluding carboxylic acids is 1. The first kappa shape index (κ1) is 37.2. The number of esters is 1. The van der Waals surface area contributed by atoms with E-state index in [1.807, 2.05) is 0 Å². The Kier molecular flexibility index (Phi) is 33.6. The predicted molar refractivity (Wildman–Crippen MR) is 152 cm³/mol. The Hall–Kier alpha value is -0.770. The second kappa shape index (κ2) is 34.3. The van der Waals surface area contributed by atoms with E-state index in [-0.39, 0.29) is 5.97 Å². The van der Waals surface area contributed by atoms with Crippen molar-refractivity contribution in [3.05, 3.63) is 0 Å². The van der Waals surface area contributed by atoms with Gasteiger partial charge in [-0.1, -0.05) is 84.5 Å². The van der Waals surface area contributed by atoms with Crippen molar-refractivity contribution >= 4 is 5.97 Å². The molecule has 38 heavy (non-hydrogen) atoms. The molecule has 0 aliphatic carbocycles. The molecule has 0 rings (SSSR count). The van der Waals surface area contributed by atoms with E-state index < -0.39 is 0 Å². The number of unbranched alkanes of at least 4 members (excludes halogenated alkanes) is 11. The van der Waals surface area contributed by atoms with E-state index in [1.165, 1.54) is 57.8 Å². The molecule has 0 aromatic heterocycles. The number of hydrogen-bond donors (Lipinski definition) is 0. The number of rotatable bonds is 33. The van der Waals surface area contributed by atoms with Crippen LogP contribution in [0, 0.1) is 0 Å². The molecule has 0 aliphatic rings. The molecular weight excluding hydrogens is 488 g/mol. The van der Waals surface area contributed by atoms with Gasteiger partial charge in [0.25, 0.3) is 0 Å². The largest absolute Gasteiger partial charge is 0.463 e. The lowest BCUT2D eigenvalue weighted by molar-refractivity contribution is -0.145. The van der Waals surface area contributed by atoms with Gasteiger partial charge in [0, 0.05) is 13.0 Å². The molecule has 8 heteroatoms. The molecule has 0 fully saturated rings. The first-order valence-corrected chi connectivity index (χ1v) is 15.4. The third-order valence-corrected chi connectivity index (χ3v) is 5.98. The van der Waals surface area contributed by atoms with E-state index in [2.05, 4.69) is 13.8 Å². The molecule has 0 N–H and O–H groups in total. The molecule has 0 spiro atoms. The maximum absolute atomic E-state index is 11.4. The minimum atomic E-state index is -0.147. The van der Waals surface area contributed by atoms with Crippen LogP contribution in [-0.4, -0.2) is 91.9 Å². The summed E-state index contributed by atoms with van der Waals surface area (Å²) in [6, 6.07) is 0. The van der Waals surface area contributed by atoms with Crippen LogP contribution >= 0.6 is 0 Å². The minimum absolute atomic E-state index is 0.147. The zero-order valence-corrected chi connectivity index (χ0v) is 24.9. The van der Waals surface area contributed by atoms with Crippen LogP contribution in [0.25, 0.3) is 0 Å². The van der Waals surface area contributed by atoms with Gasteiger partial charge < -0.3 is 33.2 Å². The van der Waals surface area contributed by atoms with E-state index >= 15 is 0 Å². The SMILES string of the molecule is CCCCCCCCCCCCOCCOCCOCCOCCOCCOCCOC(=O)CCCCC. The van der Waals surface area contributed by atoms with Crippen LogP contribution in [0.2, 0.25) is 0 Å². The number of ether oxygens (including phenoxy) is 7. The first-order chi connectivity index (χ1) is 18.8. The Balaban J connectivity index is 3.06. The van der Waals surface area contributed by atoms with E-state index in [0.29, 0.717) is 85.7 Å². The summed E-state index contributed by atoms with van der Waals surface area (Å²) in [5.74, 6) is -0.147. The second-order valence-corrected chi connectivity index (χ2v) is 9.53. The Morgan fingerprint density at radius 1 is 0.368 bits per heavy atom. The molecule has 0 saturated heterocycles. The molecule has 8 nitrogen and oxygen atoms in total. The van der Waals surface area contributed by atoms with Crippen molar-refractivity contribution in [2.24, 2.45) is 0 Å². The van der Waals surface area contributed by atoms with Gasteiger partial charge in [-0.25, -0.2) is 0 Å². The van der Waals surface area contributed by atoms with E-state index in [4.69, 9.17) is 33.2 Å². The fraction of sp³-hybridized carbons (Fsp3) is 0.967. The fourth-order valence-electron chi connectivity index (χ4n) is 3.70. The van der Waals surface area contributed by atoms with Gasteiger partial charge in [-0.2, -0.15) is 0 Å². The lowest BCUT2D eigenvalue weighted by atomic mass is 10.1. The fourth-order valence-corrected chi connectivity index (χ4v) is 3.70. The highest BCUT2D eigenvalue weighted by Gasteiger charge is 2.01. The Morgan fingerprint density at radius 2 is 0.684 bits per heavy atom. The van der Waals surface area contributed by atoms with E-state index in [0.717, 1.165) is 32.3 Å². The lowest BCUT2D eigenvalue weighted by Crippen LogP contribution is -2.15. The van der Waals surface area contributed by atoms with Gasteiger partial charge >= 0.3 is 5.97 Å². The van der Waals surface area contributed by atoms with Crippen LogP contribution in [0.5, 0.6) is 0 Å². The third-order valence-electron chi connectivity index (χ3n) is 5.98. The Morgan fingerprint density at radius 3 is 1.11 bits per heavy atom. The van der Waals surface area contributed by atoms with Gasteiger partial charge in [-0.15, -0.1) is 0 Å². The molecular formula is C30H60O8. The van der Waals surface area contributed by atoms with Crippen LogP contribution in [0.15, 0.2) is 0 Å². The van der Waals surface area contributed by atoms with Crippen molar-refractivity contribution in [3.8, 4) is 0 Å². The van der Waals surface area contributed by atoms with E-state index in [9.17, 15) is 4.79 Å². The average molecular weight is 549 g/mol. The summed E-state index contributed by atoms with van der Waals surface area (Å²) in [5, 5.41) is 0. The van der Waals surface area contributed by atoms with E-state index in [1.54, 1.807) is 0 Å². The van der Waals surface area contributed by atoms with Gasteiger partial charge in [0.1, 0.15) is 6.61 Å². The van der Waals surface area contributed by atoms with Crippen LogP contribution in [0.1, 0.15) is 104 Å². The normalized spacial score (nSPS) is 11.3. The average Bonchev–Trinajstić information content (AvgIpc) is 2.92. The summed E-state index contributed by atoms with van der Waals surface area (Å²) < 4.78 is 38.0. The summed E-state index contributed by atoms with van der Waals surface area (Å²) in [4.78, 5) is 11.4. The molecule has 0 unspecified atom stereocenters. The summed E-state index contributed by atoms with van der Waals surface area (Å²) in [7, 11) is 0. The van der Waals surface area contributed by atoms with Crippen molar-refractivity contribution in [1.82, 2.24) is 0 Å². The predicted octanol–water partition coefficient (Wildman–Crippen LogP) is 6.13. The molecule has 0 amide bonds. The first-order valence-electron chi connectivity index (χ1n) is 15.4. The molecule has 0 atom stereocenters. The smallest absolute Gasteiger partial charge is 0.305 e. The van der Waals surface area contributed by atoms with Crippen molar-refractivity contribution in [1.29, 1.82) is 0 Å². The molecule has 0 aromatic rings. The summed E-state index contributed by atoms with van der Waals surface area (Å²) in [5.41, 5.74) is 0. The summed E-state index contributed by atoms with van der Waals surface area (Å²) >= 11 is 0. The molecule has 228 valence electrons. The maximum Gasteiger partial charge on any atom is 0.305 e. The standard InChI is InChI=1S/C30H60O8/c1-3-5-7-8-9-10-11-12-13-15-17-32-18-19-33-20-21-34-22-23-35-24-25-36-26-27-37-28-29-38-30(31)16-14-6-4-2/h3-29H2,1-2H3. The highest BCUT2D eigenvalue weighted by Crippen LogP contribution is 2.10. The highest BCUT2D eigenvalue weighted by atomic mass is 16.6. The third kappa shape index (κ3) is 33.3. The van der Waals surface area contributed by atoms with Gasteiger partial charge in [0.15, 0.2) is 0 Å². The topological polar surface area (TPSA) is 81.7 Å². The van der Waals surface area contributed by atoms with Crippen molar-refractivity contribution < 1.29 is 38.0 Å². The number of carbonyl (C=O) groups is 1. The second-order valence-electron chi connectivity index (χ2n) is 9.53. The quantitative estimate of drug-likeness (QED) is 0.0716. The van der Waals surface area contributed by atoms with Gasteiger partial charge in [0.2, 0.25) is 0 Å². The lowest BCUT2D eigenvalue weighted by Gasteiger charge is -2.08. The van der Waals surface area contributed by atoms with Crippen LogP contribution < -0.4 is 0 Å². The zero-order valence-electron chi connectivity index (χ0n) is 24.9. The Labute approximate surface area is 233 Å². The van der Waals surface area contributed by atoms with Crippen LogP contribution in [-0.2, 0) is 38.0 Å². The Bertz CT molecular complexity index is 450. The van der Waals surface area contributed by atoms with Gasteiger partial charge in [0.05, 0.1) is 72.7 Å².